The molecule has 0 bridgehead atoms. The van der Waals surface area contributed by atoms with Crippen molar-refractivity contribution >= 4 is 17.5 Å². The summed E-state index contributed by atoms with van der Waals surface area (Å²) in [5.74, 6) is -0.311. The molecule has 0 aliphatic carbocycles. The minimum atomic E-state index is -0.526. The van der Waals surface area contributed by atoms with E-state index in [1.54, 1.807) is 6.07 Å². The number of methoxy groups -OCH3 is 1. The Kier molecular flexibility index (Phi) is 5.67. The molecule has 1 aliphatic heterocycles. The number of piperidine rings is 1. The van der Waals surface area contributed by atoms with Crippen molar-refractivity contribution in [3.63, 3.8) is 0 Å². The maximum absolute atomic E-state index is 14.4. The minimum Gasteiger partial charge on any atom is -0.497 e. The van der Waals surface area contributed by atoms with E-state index in [1.165, 1.54) is 19.2 Å². The van der Waals surface area contributed by atoms with Gasteiger partial charge in [0.25, 0.3) is 0 Å². The van der Waals surface area contributed by atoms with Gasteiger partial charge in [-0.1, -0.05) is 0 Å². The zero-order valence-corrected chi connectivity index (χ0v) is 17.8. The number of hydrogen-bond donors (Lipinski definition) is 2. The number of benzene rings is 1. The molecule has 1 aromatic carbocycles. The fraction of sp³-hybridized carbons (Fsp3) is 0.524. The van der Waals surface area contributed by atoms with Gasteiger partial charge in [-0.15, -0.1) is 0 Å². The molecule has 1 aliphatic rings. The Labute approximate surface area is 170 Å². The van der Waals surface area contributed by atoms with Crippen molar-refractivity contribution in [1.29, 1.82) is 0 Å². The van der Waals surface area contributed by atoms with Gasteiger partial charge in [-0.25, -0.2) is 13.8 Å². The van der Waals surface area contributed by atoms with Crippen LogP contribution < -0.4 is 15.4 Å². The SMILES string of the molecule is COc1cc(F)cc(Nc2ncc(F)c(NC3CC(C)(C)N(C)C(C)(C)C3)n2)c1. The number of hydrogen-bond acceptors (Lipinski definition) is 6. The van der Waals surface area contributed by atoms with Crippen LogP contribution in [0.1, 0.15) is 40.5 Å². The molecule has 0 spiro atoms. The number of halogens is 2. The summed E-state index contributed by atoms with van der Waals surface area (Å²) >= 11 is 0. The molecular weight excluding hydrogens is 376 g/mol. The average Bonchev–Trinajstić information content (AvgIpc) is 2.61. The van der Waals surface area contributed by atoms with Gasteiger partial charge in [-0.2, -0.15) is 4.98 Å². The molecule has 0 atom stereocenters. The lowest BCUT2D eigenvalue weighted by Crippen LogP contribution is -2.61. The highest BCUT2D eigenvalue weighted by Crippen LogP contribution is 2.38. The van der Waals surface area contributed by atoms with E-state index in [1.807, 2.05) is 0 Å². The number of ether oxygens (including phenoxy) is 1. The summed E-state index contributed by atoms with van der Waals surface area (Å²) in [4.78, 5) is 10.6. The van der Waals surface area contributed by atoms with Crippen LogP contribution in [0.25, 0.3) is 0 Å². The van der Waals surface area contributed by atoms with Crippen molar-refractivity contribution < 1.29 is 13.5 Å². The van der Waals surface area contributed by atoms with Crippen molar-refractivity contribution in [2.45, 2.75) is 57.7 Å². The Bertz CT molecular complexity index is 869. The molecule has 1 aromatic heterocycles. The van der Waals surface area contributed by atoms with E-state index in [0.29, 0.717) is 11.4 Å². The van der Waals surface area contributed by atoms with E-state index in [2.05, 4.69) is 60.2 Å². The second kappa shape index (κ2) is 7.74. The molecule has 2 aromatic rings. The molecule has 29 heavy (non-hydrogen) atoms. The number of likely N-dealkylation sites (tertiary alicyclic amines) is 1. The predicted molar refractivity (Wildman–Crippen MR) is 111 cm³/mol. The molecule has 0 amide bonds. The van der Waals surface area contributed by atoms with Crippen LogP contribution in [0.3, 0.4) is 0 Å². The van der Waals surface area contributed by atoms with Crippen LogP contribution in [0.5, 0.6) is 5.75 Å². The van der Waals surface area contributed by atoms with E-state index in [9.17, 15) is 8.78 Å². The lowest BCUT2D eigenvalue weighted by molar-refractivity contribution is -0.00778. The van der Waals surface area contributed by atoms with Crippen molar-refractivity contribution in [1.82, 2.24) is 14.9 Å². The first-order valence-electron chi connectivity index (χ1n) is 9.65. The molecule has 0 unspecified atom stereocenters. The number of rotatable bonds is 5. The van der Waals surface area contributed by atoms with Crippen LogP contribution in [0, 0.1) is 11.6 Å². The monoisotopic (exact) mass is 405 g/mol. The Hall–Kier alpha value is -2.48. The van der Waals surface area contributed by atoms with Crippen LogP contribution in [0.15, 0.2) is 24.4 Å². The minimum absolute atomic E-state index is 0.0396. The standard InChI is InChI=1S/C21H29F2N5O/c1-20(2)10-15(11-21(3,4)28(20)5)25-18-17(23)12-24-19(27-18)26-14-7-13(22)8-16(9-14)29-6/h7-9,12,15H,10-11H2,1-6H3,(H2,24,25,26,27). The highest BCUT2D eigenvalue weighted by molar-refractivity contribution is 5.57. The Morgan fingerprint density at radius 2 is 1.76 bits per heavy atom. The zero-order valence-electron chi connectivity index (χ0n) is 17.8. The molecule has 8 heteroatoms. The van der Waals surface area contributed by atoms with E-state index in [4.69, 9.17) is 4.74 Å². The van der Waals surface area contributed by atoms with Gasteiger partial charge in [0.15, 0.2) is 11.6 Å². The van der Waals surface area contributed by atoms with Gasteiger partial charge < -0.3 is 15.4 Å². The van der Waals surface area contributed by atoms with E-state index in [0.717, 1.165) is 19.0 Å². The summed E-state index contributed by atoms with van der Waals surface area (Å²) in [6.45, 7) is 8.74. The third-order valence-electron chi connectivity index (χ3n) is 5.76. The Balaban J connectivity index is 1.80. The fourth-order valence-corrected chi connectivity index (χ4v) is 4.08. The van der Waals surface area contributed by atoms with Gasteiger partial charge in [-0.3, -0.25) is 4.90 Å². The van der Waals surface area contributed by atoms with Crippen LogP contribution in [0.4, 0.5) is 26.2 Å². The lowest BCUT2D eigenvalue weighted by Gasteiger charge is -2.53. The van der Waals surface area contributed by atoms with Crippen molar-refractivity contribution in [2.75, 3.05) is 24.8 Å². The van der Waals surface area contributed by atoms with E-state index in [-0.39, 0.29) is 28.9 Å². The normalized spacial score (nSPS) is 19.0. The molecule has 2 heterocycles. The topological polar surface area (TPSA) is 62.3 Å². The summed E-state index contributed by atoms with van der Waals surface area (Å²) < 4.78 is 33.2. The van der Waals surface area contributed by atoms with E-state index >= 15 is 0 Å². The number of nitrogens with one attached hydrogen (secondary N) is 2. The third kappa shape index (κ3) is 4.75. The first-order valence-corrected chi connectivity index (χ1v) is 9.65. The summed E-state index contributed by atoms with van der Waals surface area (Å²) in [5, 5.41) is 6.16. The molecular formula is C21H29F2N5O. The molecule has 6 nitrogen and oxygen atoms in total. The third-order valence-corrected chi connectivity index (χ3v) is 5.76. The Morgan fingerprint density at radius 1 is 1.10 bits per heavy atom. The molecule has 0 radical (unpaired) electrons. The summed E-state index contributed by atoms with van der Waals surface area (Å²) in [6, 6.07) is 4.24. The second-order valence-electron chi connectivity index (χ2n) is 8.83. The molecule has 3 rings (SSSR count). The summed E-state index contributed by atoms with van der Waals surface area (Å²) in [7, 11) is 3.58. The quantitative estimate of drug-likeness (QED) is 0.760. The average molecular weight is 405 g/mol. The van der Waals surface area contributed by atoms with Crippen LogP contribution in [-0.4, -0.2) is 46.1 Å². The second-order valence-corrected chi connectivity index (χ2v) is 8.83. The van der Waals surface area contributed by atoms with Crippen LogP contribution in [0.2, 0.25) is 0 Å². The molecule has 1 fully saturated rings. The highest BCUT2D eigenvalue weighted by Gasteiger charge is 2.43. The van der Waals surface area contributed by atoms with Gasteiger partial charge in [0.2, 0.25) is 5.95 Å². The number of nitrogens with zero attached hydrogens (tertiary/aromatic N) is 3. The van der Waals surface area contributed by atoms with E-state index < -0.39 is 11.6 Å². The van der Waals surface area contributed by atoms with Crippen LogP contribution >= 0.6 is 0 Å². The largest absolute Gasteiger partial charge is 0.497 e. The summed E-state index contributed by atoms with van der Waals surface area (Å²) in [5.41, 5.74) is 0.338. The van der Waals surface area contributed by atoms with Gasteiger partial charge >= 0.3 is 0 Å². The smallest absolute Gasteiger partial charge is 0.229 e. The van der Waals surface area contributed by atoms with Crippen molar-refractivity contribution in [3.05, 3.63) is 36.0 Å². The van der Waals surface area contributed by atoms with Gasteiger partial charge in [-0.05, 0) is 53.7 Å². The Morgan fingerprint density at radius 3 is 2.38 bits per heavy atom. The highest BCUT2D eigenvalue weighted by atomic mass is 19.1. The maximum atomic E-state index is 14.4. The molecule has 2 N–H and O–H groups in total. The summed E-state index contributed by atoms with van der Waals surface area (Å²) in [6.07, 6.45) is 2.81. The van der Waals surface area contributed by atoms with Crippen LogP contribution in [-0.2, 0) is 0 Å². The van der Waals surface area contributed by atoms with Gasteiger partial charge in [0.05, 0.1) is 13.3 Å². The fourth-order valence-electron chi connectivity index (χ4n) is 4.08. The number of aromatic nitrogens is 2. The maximum Gasteiger partial charge on any atom is 0.229 e. The molecule has 1 saturated heterocycles. The van der Waals surface area contributed by atoms with Gasteiger partial charge in [0, 0.05) is 34.9 Å². The predicted octanol–water partition coefficient (Wildman–Crippen LogP) is 4.57. The van der Waals surface area contributed by atoms with Crippen molar-refractivity contribution in [3.8, 4) is 5.75 Å². The van der Waals surface area contributed by atoms with Gasteiger partial charge in [0.1, 0.15) is 11.6 Å². The first kappa shape index (κ1) is 21.2. The number of anilines is 3. The zero-order chi connectivity index (χ0) is 21.4. The van der Waals surface area contributed by atoms with Crippen molar-refractivity contribution in [2.24, 2.45) is 0 Å². The molecule has 158 valence electrons. The molecule has 0 saturated carbocycles. The lowest BCUT2D eigenvalue weighted by atomic mass is 9.77. The first-order chi connectivity index (χ1) is 13.5.